The van der Waals surface area contributed by atoms with Crippen LogP contribution in [-0.2, 0) is 4.79 Å². The first-order valence-electron chi connectivity index (χ1n) is 7.58. The van der Waals surface area contributed by atoms with Crippen molar-refractivity contribution in [3.8, 4) is 0 Å². The van der Waals surface area contributed by atoms with Gasteiger partial charge in [-0.25, -0.2) is 0 Å². The van der Waals surface area contributed by atoms with Crippen molar-refractivity contribution in [1.29, 1.82) is 0 Å². The summed E-state index contributed by atoms with van der Waals surface area (Å²) in [6, 6.07) is 0.252. The minimum Gasteiger partial charge on any atom is -0.354 e. The highest BCUT2D eigenvalue weighted by Gasteiger charge is 2.17. The normalized spacial score (nSPS) is 24.2. The number of carbonyl (C=O) groups excluding carboxylic acids is 1. The van der Waals surface area contributed by atoms with Crippen molar-refractivity contribution < 1.29 is 4.79 Å². The van der Waals surface area contributed by atoms with Crippen LogP contribution in [0.5, 0.6) is 0 Å². The third-order valence-corrected chi connectivity index (χ3v) is 3.84. The van der Waals surface area contributed by atoms with Gasteiger partial charge >= 0.3 is 0 Å². The topological polar surface area (TPSA) is 41.1 Å². The molecule has 3 nitrogen and oxygen atoms in total. The third-order valence-electron chi connectivity index (χ3n) is 3.84. The minimum absolute atomic E-state index is 0.156. The van der Waals surface area contributed by atoms with Gasteiger partial charge in [0.1, 0.15) is 0 Å². The second-order valence-electron chi connectivity index (χ2n) is 6.14. The van der Waals surface area contributed by atoms with Gasteiger partial charge < -0.3 is 10.6 Å². The molecule has 1 rings (SSSR count). The fourth-order valence-electron chi connectivity index (χ4n) is 2.65. The highest BCUT2D eigenvalue weighted by atomic mass is 16.1. The Morgan fingerprint density at radius 2 is 1.83 bits per heavy atom. The first kappa shape index (κ1) is 15.5. The molecule has 106 valence electrons. The molecule has 0 aromatic rings. The van der Waals surface area contributed by atoms with Gasteiger partial charge in [0.15, 0.2) is 0 Å². The summed E-state index contributed by atoms with van der Waals surface area (Å²) < 4.78 is 0. The van der Waals surface area contributed by atoms with Crippen LogP contribution in [-0.4, -0.2) is 25.0 Å². The van der Waals surface area contributed by atoms with E-state index >= 15 is 0 Å². The van der Waals surface area contributed by atoms with Crippen LogP contribution in [0.2, 0.25) is 0 Å². The molecule has 0 bridgehead atoms. The SMILES string of the molecule is CC1CCC(CCNCCC(=O)NC(C)C)CC1. The van der Waals surface area contributed by atoms with Crippen molar-refractivity contribution in [3.05, 3.63) is 0 Å². The maximum absolute atomic E-state index is 11.4. The summed E-state index contributed by atoms with van der Waals surface area (Å²) in [6.45, 7) is 8.22. The predicted molar refractivity (Wildman–Crippen MR) is 76.5 cm³/mol. The van der Waals surface area contributed by atoms with Gasteiger partial charge in [-0.05, 0) is 38.6 Å². The molecule has 0 aromatic heterocycles. The van der Waals surface area contributed by atoms with Crippen LogP contribution >= 0.6 is 0 Å². The highest BCUT2D eigenvalue weighted by Crippen LogP contribution is 2.29. The van der Waals surface area contributed by atoms with E-state index in [9.17, 15) is 4.79 Å². The fourth-order valence-corrected chi connectivity index (χ4v) is 2.65. The van der Waals surface area contributed by atoms with E-state index in [2.05, 4.69) is 17.6 Å². The quantitative estimate of drug-likeness (QED) is 0.686. The fraction of sp³-hybridized carbons (Fsp3) is 0.933. The van der Waals surface area contributed by atoms with Gasteiger partial charge in [0.05, 0.1) is 0 Å². The summed E-state index contributed by atoms with van der Waals surface area (Å²) in [7, 11) is 0. The summed E-state index contributed by atoms with van der Waals surface area (Å²) >= 11 is 0. The lowest BCUT2D eigenvalue weighted by Gasteiger charge is -2.26. The van der Waals surface area contributed by atoms with Gasteiger partial charge in [-0.2, -0.15) is 0 Å². The van der Waals surface area contributed by atoms with Crippen LogP contribution in [0.3, 0.4) is 0 Å². The number of hydrogen-bond donors (Lipinski definition) is 2. The minimum atomic E-state index is 0.156. The molecule has 0 atom stereocenters. The molecule has 18 heavy (non-hydrogen) atoms. The molecule has 0 radical (unpaired) electrons. The first-order valence-corrected chi connectivity index (χ1v) is 7.58. The zero-order valence-corrected chi connectivity index (χ0v) is 12.3. The second-order valence-corrected chi connectivity index (χ2v) is 6.14. The zero-order valence-electron chi connectivity index (χ0n) is 12.3. The molecule has 1 amide bonds. The Hall–Kier alpha value is -0.570. The molecule has 1 aliphatic rings. The summed E-state index contributed by atoms with van der Waals surface area (Å²) in [4.78, 5) is 11.4. The molecule has 2 N–H and O–H groups in total. The molecule has 0 aliphatic heterocycles. The summed E-state index contributed by atoms with van der Waals surface area (Å²) in [5, 5.41) is 6.30. The molecule has 1 saturated carbocycles. The molecular weight excluding hydrogens is 224 g/mol. The molecule has 0 saturated heterocycles. The van der Waals surface area contributed by atoms with Crippen molar-refractivity contribution in [2.24, 2.45) is 11.8 Å². The Morgan fingerprint density at radius 3 is 2.44 bits per heavy atom. The summed E-state index contributed by atoms with van der Waals surface area (Å²) in [5.74, 6) is 2.01. The molecule has 1 aliphatic carbocycles. The van der Waals surface area contributed by atoms with Crippen LogP contribution in [0.4, 0.5) is 0 Å². The van der Waals surface area contributed by atoms with E-state index in [1.165, 1.54) is 32.1 Å². The van der Waals surface area contributed by atoms with E-state index in [0.717, 1.165) is 24.9 Å². The van der Waals surface area contributed by atoms with Crippen LogP contribution in [0.1, 0.15) is 59.3 Å². The van der Waals surface area contributed by atoms with E-state index in [-0.39, 0.29) is 11.9 Å². The smallest absolute Gasteiger partial charge is 0.221 e. The van der Waals surface area contributed by atoms with Crippen LogP contribution in [0.15, 0.2) is 0 Å². The Bertz CT molecular complexity index is 233. The van der Waals surface area contributed by atoms with Gasteiger partial charge in [-0.1, -0.05) is 32.6 Å². The summed E-state index contributed by atoms with van der Waals surface area (Å²) in [6.07, 6.45) is 7.48. The van der Waals surface area contributed by atoms with Crippen LogP contribution < -0.4 is 10.6 Å². The van der Waals surface area contributed by atoms with Crippen LogP contribution in [0.25, 0.3) is 0 Å². The summed E-state index contributed by atoms with van der Waals surface area (Å²) in [5.41, 5.74) is 0. The van der Waals surface area contributed by atoms with Gasteiger partial charge in [0.2, 0.25) is 5.91 Å². The third kappa shape index (κ3) is 7.00. The number of rotatable bonds is 7. The van der Waals surface area contributed by atoms with Gasteiger partial charge in [0, 0.05) is 19.0 Å². The van der Waals surface area contributed by atoms with Crippen molar-refractivity contribution in [3.63, 3.8) is 0 Å². The number of hydrogen-bond acceptors (Lipinski definition) is 2. The average molecular weight is 254 g/mol. The predicted octanol–water partition coefficient (Wildman–Crippen LogP) is 2.71. The second kappa shape index (κ2) is 8.52. The Kier molecular flexibility index (Phi) is 7.33. The van der Waals surface area contributed by atoms with E-state index in [4.69, 9.17) is 0 Å². The van der Waals surface area contributed by atoms with E-state index in [0.29, 0.717) is 6.42 Å². The maximum atomic E-state index is 11.4. The number of carbonyl (C=O) groups is 1. The number of amides is 1. The Morgan fingerprint density at radius 1 is 1.17 bits per heavy atom. The van der Waals surface area contributed by atoms with Crippen molar-refractivity contribution >= 4 is 5.91 Å². The van der Waals surface area contributed by atoms with E-state index < -0.39 is 0 Å². The van der Waals surface area contributed by atoms with Gasteiger partial charge in [0.25, 0.3) is 0 Å². The lowest BCUT2D eigenvalue weighted by molar-refractivity contribution is -0.121. The average Bonchev–Trinajstić information content (AvgIpc) is 2.30. The lowest BCUT2D eigenvalue weighted by atomic mass is 9.81. The highest BCUT2D eigenvalue weighted by molar-refractivity contribution is 5.76. The molecule has 0 heterocycles. The molecular formula is C15H30N2O. The largest absolute Gasteiger partial charge is 0.354 e. The maximum Gasteiger partial charge on any atom is 0.221 e. The molecule has 0 spiro atoms. The molecule has 0 aromatic carbocycles. The van der Waals surface area contributed by atoms with Crippen molar-refractivity contribution in [2.75, 3.05) is 13.1 Å². The Balaban J connectivity index is 1.94. The molecule has 1 fully saturated rings. The van der Waals surface area contributed by atoms with E-state index in [1.807, 2.05) is 13.8 Å². The Labute approximate surface area is 112 Å². The molecule has 3 heteroatoms. The van der Waals surface area contributed by atoms with Crippen LogP contribution in [0, 0.1) is 11.8 Å². The lowest BCUT2D eigenvalue weighted by Crippen LogP contribution is -2.33. The first-order chi connectivity index (χ1) is 8.58. The zero-order chi connectivity index (χ0) is 13.4. The van der Waals surface area contributed by atoms with Gasteiger partial charge in [-0.3, -0.25) is 4.79 Å². The number of nitrogens with one attached hydrogen (secondary N) is 2. The molecule has 0 unspecified atom stereocenters. The van der Waals surface area contributed by atoms with Crippen molar-refractivity contribution in [1.82, 2.24) is 10.6 Å². The standard InChI is InChI=1S/C15H30N2O/c1-12(2)17-15(18)9-11-16-10-8-14-6-4-13(3)5-7-14/h12-14,16H,4-11H2,1-3H3,(H,17,18). The monoisotopic (exact) mass is 254 g/mol. The van der Waals surface area contributed by atoms with E-state index in [1.54, 1.807) is 0 Å². The van der Waals surface area contributed by atoms with Crippen molar-refractivity contribution in [2.45, 2.75) is 65.3 Å². The van der Waals surface area contributed by atoms with Gasteiger partial charge in [-0.15, -0.1) is 0 Å².